The van der Waals surface area contributed by atoms with E-state index < -0.39 is 18.1 Å². The standard InChI is InChI=1S/C37H52BrFO5/c1-3-5-7-8-9-10-11-12-13-14-26-42-35-25-20-30(27-33(35)38)36(40)43-31-21-16-28(17-22-31)29-18-23-32(24-19-29)44-37(41)34(39)15-6-4-2/h16-17,20-22,25,27,29,32,34H,3-15,18-19,23-24,26H2,1-2H3/t29-,32-,34-/m0/s1. The van der Waals surface area contributed by atoms with Gasteiger partial charge in [0.1, 0.15) is 17.6 Å². The van der Waals surface area contributed by atoms with Gasteiger partial charge >= 0.3 is 11.9 Å². The fourth-order valence-corrected chi connectivity index (χ4v) is 6.24. The number of rotatable bonds is 20. The molecular weight excluding hydrogens is 623 g/mol. The Labute approximate surface area is 272 Å². The summed E-state index contributed by atoms with van der Waals surface area (Å²) in [5.74, 6) is 0.408. The Hall–Kier alpha value is -2.41. The zero-order valence-corrected chi connectivity index (χ0v) is 28.4. The Morgan fingerprint density at radius 1 is 0.818 bits per heavy atom. The van der Waals surface area contributed by atoms with Gasteiger partial charge in [0.05, 0.1) is 16.6 Å². The Bertz CT molecular complexity index is 1110. The number of carbonyl (C=O) groups is 2. The second kappa shape index (κ2) is 20.6. The van der Waals surface area contributed by atoms with Crippen LogP contribution in [-0.2, 0) is 9.53 Å². The molecule has 0 unspecified atom stereocenters. The van der Waals surface area contributed by atoms with Crippen molar-refractivity contribution in [3.05, 3.63) is 58.1 Å². The van der Waals surface area contributed by atoms with E-state index in [-0.39, 0.29) is 12.5 Å². The van der Waals surface area contributed by atoms with Crippen molar-refractivity contribution in [3.63, 3.8) is 0 Å². The van der Waals surface area contributed by atoms with Crippen LogP contribution in [0.25, 0.3) is 0 Å². The highest BCUT2D eigenvalue weighted by molar-refractivity contribution is 9.10. The zero-order chi connectivity index (χ0) is 31.6. The molecule has 0 bridgehead atoms. The first kappa shape index (κ1) is 36.1. The first-order chi connectivity index (χ1) is 21.4. The van der Waals surface area contributed by atoms with E-state index in [4.69, 9.17) is 14.2 Å². The number of unbranched alkanes of at least 4 members (excludes halogenated alkanes) is 10. The van der Waals surface area contributed by atoms with Gasteiger partial charge in [-0.2, -0.15) is 0 Å². The molecule has 1 saturated carbocycles. The second-order valence-electron chi connectivity index (χ2n) is 12.2. The molecule has 7 heteroatoms. The van der Waals surface area contributed by atoms with Crippen molar-refractivity contribution < 1.29 is 28.2 Å². The van der Waals surface area contributed by atoms with Crippen LogP contribution in [-0.4, -0.2) is 30.8 Å². The molecule has 0 N–H and O–H groups in total. The first-order valence-corrected chi connectivity index (χ1v) is 17.8. The fourth-order valence-electron chi connectivity index (χ4n) is 5.74. The van der Waals surface area contributed by atoms with Crippen LogP contribution in [0.5, 0.6) is 11.5 Å². The van der Waals surface area contributed by atoms with Crippen LogP contribution in [0, 0.1) is 0 Å². The summed E-state index contributed by atoms with van der Waals surface area (Å²) in [6.45, 7) is 4.89. The van der Waals surface area contributed by atoms with Gasteiger partial charge < -0.3 is 14.2 Å². The molecule has 2 aromatic rings. The minimum absolute atomic E-state index is 0.213. The predicted molar refractivity (Wildman–Crippen MR) is 178 cm³/mol. The Morgan fingerprint density at radius 2 is 1.43 bits per heavy atom. The number of benzene rings is 2. The topological polar surface area (TPSA) is 61.8 Å². The maximum absolute atomic E-state index is 14.0. The summed E-state index contributed by atoms with van der Waals surface area (Å²) in [6, 6.07) is 12.9. The summed E-state index contributed by atoms with van der Waals surface area (Å²) in [7, 11) is 0. The van der Waals surface area contributed by atoms with Crippen LogP contribution in [0.15, 0.2) is 46.9 Å². The number of alkyl halides is 1. The molecule has 3 rings (SSSR count). The highest BCUT2D eigenvalue weighted by atomic mass is 79.9. The minimum atomic E-state index is -1.52. The maximum atomic E-state index is 14.0. The lowest BCUT2D eigenvalue weighted by atomic mass is 9.83. The maximum Gasteiger partial charge on any atom is 0.343 e. The van der Waals surface area contributed by atoms with Crippen molar-refractivity contribution in [2.75, 3.05) is 6.61 Å². The molecule has 5 nitrogen and oxygen atoms in total. The molecule has 0 aliphatic heterocycles. The van der Waals surface area contributed by atoms with Crippen molar-refractivity contribution in [1.82, 2.24) is 0 Å². The normalized spacial score (nSPS) is 17.2. The number of ether oxygens (including phenoxy) is 3. The summed E-state index contributed by atoms with van der Waals surface area (Å²) >= 11 is 3.54. The molecule has 0 spiro atoms. The van der Waals surface area contributed by atoms with Gasteiger partial charge in [0.2, 0.25) is 0 Å². The fraction of sp³-hybridized carbons (Fsp3) is 0.622. The van der Waals surface area contributed by atoms with Gasteiger partial charge in [0, 0.05) is 0 Å². The van der Waals surface area contributed by atoms with Gasteiger partial charge in [0.15, 0.2) is 6.17 Å². The van der Waals surface area contributed by atoms with E-state index in [1.807, 2.05) is 37.3 Å². The minimum Gasteiger partial charge on any atom is -0.492 e. The lowest BCUT2D eigenvalue weighted by molar-refractivity contribution is -0.157. The van der Waals surface area contributed by atoms with Crippen LogP contribution in [0.2, 0.25) is 0 Å². The number of carbonyl (C=O) groups excluding carboxylic acids is 2. The monoisotopic (exact) mass is 674 g/mol. The number of hydrogen-bond acceptors (Lipinski definition) is 5. The van der Waals surface area contributed by atoms with Crippen molar-refractivity contribution in [2.24, 2.45) is 0 Å². The van der Waals surface area contributed by atoms with Crippen LogP contribution >= 0.6 is 15.9 Å². The Morgan fingerprint density at radius 3 is 2.05 bits per heavy atom. The lowest BCUT2D eigenvalue weighted by Gasteiger charge is -2.29. The van der Waals surface area contributed by atoms with Crippen molar-refractivity contribution in [2.45, 2.75) is 141 Å². The highest BCUT2D eigenvalue weighted by Crippen LogP contribution is 2.35. The zero-order valence-electron chi connectivity index (χ0n) is 26.8. The van der Waals surface area contributed by atoms with E-state index in [0.717, 1.165) is 54.3 Å². The van der Waals surface area contributed by atoms with E-state index in [1.54, 1.807) is 12.1 Å². The van der Waals surface area contributed by atoms with Gasteiger partial charge in [-0.3, -0.25) is 0 Å². The molecule has 1 atom stereocenters. The summed E-state index contributed by atoms with van der Waals surface area (Å²) in [6.07, 6.45) is 16.1. The Balaban J connectivity index is 1.35. The summed E-state index contributed by atoms with van der Waals surface area (Å²) in [5, 5.41) is 0. The smallest absolute Gasteiger partial charge is 0.343 e. The van der Waals surface area contributed by atoms with Gasteiger partial charge in [0.25, 0.3) is 0 Å². The van der Waals surface area contributed by atoms with Crippen LogP contribution in [0.3, 0.4) is 0 Å². The molecule has 0 heterocycles. The number of halogens is 2. The molecule has 0 saturated heterocycles. The van der Waals surface area contributed by atoms with Gasteiger partial charge in [-0.15, -0.1) is 0 Å². The summed E-state index contributed by atoms with van der Waals surface area (Å²) < 4.78 is 31.7. The Kier molecular flexibility index (Phi) is 16.9. The quantitative estimate of drug-likeness (QED) is 0.0794. The molecule has 0 amide bonds. The van der Waals surface area contributed by atoms with Gasteiger partial charge in [-0.25, -0.2) is 14.0 Å². The summed E-state index contributed by atoms with van der Waals surface area (Å²) in [5.41, 5.74) is 1.61. The first-order valence-electron chi connectivity index (χ1n) is 17.0. The molecule has 0 radical (unpaired) electrons. The van der Waals surface area contributed by atoms with Crippen molar-refractivity contribution in [1.29, 1.82) is 0 Å². The van der Waals surface area contributed by atoms with Crippen molar-refractivity contribution in [3.8, 4) is 11.5 Å². The van der Waals surface area contributed by atoms with E-state index in [0.29, 0.717) is 30.3 Å². The molecule has 1 aliphatic rings. The third-order valence-corrected chi connectivity index (χ3v) is 9.13. The third kappa shape index (κ3) is 12.9. The number of esters is 2. The molecule has 44 heavy (non-hydrogen) atoms. The summed E-state index contributed by atoms with van der Waals surface area (Å²) in [4.78, 5) is 24.8. The van der Waals surface area contributed by atoms with Gasteiger partial charge in [-0.1, -0.05) is 96.6 Å². The lowest BCUT2D eigenvalue weighted by Crippen LogP contribution is -2.28. The molecule has 2 aromatic carbocycles. The van der Waals surface area contributed by atoms with E-state index in [2.05, 4.69) is 22.9 Å². The molecule has 0 aromatic heterocycles. The third-order valence-electron chi connectivity index (χ3n) is 8.51. The highest BCUT2D eigenvalue weighted by Gasteiger charge is 2.28. The van der Waals surface area contributed by atoms with Gasteiger partial charge in [-0.05, 0) is 96.3 Å². The van der Waals surface area contributed by atoms with E-state index in [1.165, 1.54) is 57.8 Å². The molecular formula is C37H52BrFO5. The average molecular weight is 676 g/mol. The van der Waals surface area contributed by atoms with Crippen LogP contribution < -0.4 is 9.47 Å². The largest absolute Gasteiger partial charge is 0.492 e. The molecule has 1 fully saturated rings. The predicted octanol–water partition coefficient (Wildman–Crippen LogP) is 11.1. The SMILES string of the molecule is CCCCCCCCCCCCOc1ccc(C(=O)Oc2ccc([C@H]3CC[C@H](OC(=O)[C@@H](F)CCCC)CC3)cc2)cc1Br. The van der Waals surface area contributed by atoms with Crippen molar-refractivity contribution >= 4 is 27.9 Å². The average Bonchev–Trinajstić information content (AvgIpc) is 3.03. The second-order valence-corrected chi connectivity index (χ2v) is 13.0. The van der Waals surface area contributed by atoms with E-state index >= 15 is 0 Å². The van der Waals surface area contributed by atoms with E-state index in [9.17, 15) is 14.0 Å². The number of hydrogen-bond donors (Lipinski definition) is 0. The molecule has 244 valence electrons. The molecule has 1 aliphatic carbocycles. The van der Waals surface area contributed by atoms with Crippen LogP contribution in [0.1, 0.15) is 145 Å². The van der Waals surface area contributed by atoms with Crippen LogP contribution in [0.4, 0.5) is 4.39 Å².